The fourth-order valence-corrected chi connectivity index (χ4v) is 2.28. The van der Waals surface area contributed by atoms with E-state index in [0.29, 0.717) is 12.5 Å². The average molecular weight is 269 g/mol. The molecular weight excluding hydrogens is 248 g/mol. The standard InChI is InChI=1S/C15H21F2NO/c1-10(2)15(3)9-18-8-13(19-15)11-5-4-6-12(7-11)14(16)17/h4-7,10,13-14,18H,8-9H2,1-3H3. The lowest BCUT2D eigenvalue weighted by Gasteiger charge is -2.42. The zero-order chi connectivity index (χ0) is 14.0. The van der Waals surface area contributed by atoms with Crippen LogP contribution in [0.5, 0.6) is 0 Å². The van der Waals surface area contributed by atoms with Crippen LogP contribution in [0.25, 0.3) is 0 Å². The molecule has 2 nitrogen and oxygen atoms in total. The van der Waals surface area contributed by atoms with Crippen molar-refractivity contribution in [3.63, 3.8) is 0 Å². The van der Waals surface area contributed by atoms with E-state index in [1.54, 1.807) is 12.1 Å². The molecule has 19 heavy (non-hydrogen) atoms. The molecule has 4 heteroatoms. The molecule has 1 aliphatic rings. The minimum Gasteiger partial charge on any atom is -0.364 e. The van der Waals surface area contributed by atoms with E-state index in [-0.39, 0.29) is 17.3 Å². The number of halogens is 2. The maximum Gasteiger partial charge on any atom is 0.263 e. The SMILES string of the molecule is CC(C)C1(C)CNCC(c2cccc(C(F)F)c2)O1. The van der Waals surface area contributed by atoms with Crippen LogP contribution in [0.3, 0.4) is 0 Å². The molecule has 2 atom stereocenters. The first-order valence-corrected chi connectivity index (χ1v) is 6.69. The summed E-state index contributed by atoms with van der Waals surface area (Å²) < 4.78 is 31.6. The van der Waals surface area contributed by atoms with Gasteiger partial charge in [-0.25, -0.2) is 8.78 Å². The lowest BCUT2D eigenvalue weighted by molar-refractivity contribution is -0.132. The lowest BCUT2D eigenvalue weighted by atomic mass is 9.89. The number of rotatable bonds is 3. The molecule has 0 aromatic heterocycles. The zero-order valence-corrected chi connectivity index (χ0v) is 11.6. The van der Waals surface area contributed by atoms with Crippen molar-refractivity contribution < 1.29 is 13.5 Å². The van der Waals surface area contributed by atoms with Crippen LogP contribution in [0.2, 0.25) is 0 Å². The third-order valence-electron chi connectivity index (χ3n) is 3.97. The van der Waals surface area contributed by atoms with Gasteiger partial charge in [0, 0.05) is 18.7 Å². The first kappa shape index (κ1) is 14.4. The van der Waals surface area contributed by atoms with Gasteiger partial charge in [0.1, 0.15) is 0 Å². The Hall–Kier alpha value is -1.00. The van der Waals surface area contributed by atoms with Crippen LogP contribution in [0, 0.1) is 5.92 Å². The third-order valence-corrected chi connectivity index (χ3v) is 3.97. The van der Waals surface area contributed by atoms with Gasteiger partial charge in [0.2, 0.25) is 0 Å². The second kappa shape index (κ2) is 5.55. The van der Waals surface area contributed by atoms with Crippen molar-refractivity contribution in [2.24, 2.45) is 5.92 Å². The second-order valence-corrected chi connectivity index (χ2v) is 5.68. The van der Waals surface area contributed by atoms with Crippen molar-refractivity contribution in [3.8, 4) is 0 Å². The largest absolute Gasteiger partial charge is 0.364 e. The molecule has 1 aromatic carbocycles. The minimum absolute atomic E-state index is 0.0536. The Labute approximate surface area is 113 Å². The van der Waals surface area contributed by atoms with Gasteiger partial charge in [-0.1, -0.05) is 32.0 Å². The van der Waals surface area contributed by atoms with E-state index in [9.17, 15) is 8.78 Å². The highest BCUT2D eigenvalue weighted by atomic mass is 19.3. The van der Waals surface area contributed by atoms with Crippen molar-refractivity contribution in [2.75, 3.05) is 13.1 Å². The van der Waals surface area contributed by atoms with Gasteiger partial charge in [-0.15, -0.1) is 0 Å². The molecule has 0 radical (unpaired) electrons. The number of hydrogen-bond donors (Lipinski definition) is 1. The Morgan fingerprint density at radius 1 is 1.37 bits per heavy atom. The summed E-state index contributed by atoms with van der Waals surface area (Å²) in [4.78, 5) is 0. The Morgan fingerprint density at radius 3 is 2.74 bits per heavy atom. The topological polar surface area (TPSA) is 21.3 Å². The number of benzene rings is 1. The van der Waals surface area contributed by atoms with Crippen molar-refractivity contribution in [1.82, 2.24) is 5.32 Å². The van der Waals surface area contributed by atoms with Crippen LogP contribution < -0.4 is 5.32 Å². The minimum atomic E-state index is -2.44. The van der Waals surface area contributed by atoms with Gasteiger partial charge in [0.05, 0.1) is 11.7 Å². The number of alkyl halides is 2. The molecule has 0 amide bonds. The molecule has 1 saturated heterocycles. The van der Waals surface area contributed by atoms with E-state index in [1.165, 1.54) is 6.07 Å². The van der Waals surface area contributed by atoms with Gasteiger partial charge in [-0.05, 0) is 24.5 Å². The summed E-state index contributed by atoms with van der Waals surface area (Å²) in [5, 5.41) is 3.34. The van der Waals surface area contributed by atoms with Crippen LogP contribution in [-0.4, -0.2) is 18.7 Å². The molecule has 1 heterocycles. The van der Waals surface area contributed by atoms with Crippen LogP contribution >= 0.6 is 0 Å². The first-order chi connectivity index (χ1) is 8.92. The first-order valence-electron chi connectivity index (χ1n) is 6.69. The highest BCUT2D eigenvalue weighted by Crippen LogP contribution is 2.33. The molecule has 0 aliphatic carbocycles. The molecule has 2 unspecified atom stereocenters. The van der Waals surface area contributed by atoms with Gasteiger partial charge < -0.3 is 10.1 Å². The van der Waals surface area contributed by atoms with E-state index in [4.69, 9.17) is 4.74 Å². The number of hydrogen-bond acceptors (Lipinski definition) is 2. The summed E-state index contributed by atoms with van der Waals surface area (Å²) in [5.41, 5.74) is 0.610. The smallest absolute Gasteiger partial charge is 0.263 e. The zero-order valence-electron chi connectivity index (χ0n) is 11.6. The monoisotopic (exact) mass is 269 g/mol. The van der Waals surface area contributed by atoms with E-state index < -0.39 is 6.43 Å². The van der Waals surface area contributed by atoms with Gasteiger partial charge in [-0.3, -0.25) is 0 Å². The van der Waals surface area contributed by atoms with E-state index in [2.05, 4.69) is 26.1 Å². The van der Waals surface area contributed by atoms with Gasteiger partial charge >= 0.3 is 0 Å². The molecule has 2 rings (SSSR count). The van der Waals surface area contributed by atoms with Crippen molar-refractivity contribution in [1.29, 1.82) is 0 Å². The molecule has 1 N–H and O–H groups in total. The van der Waals surface area contributed by atoms with Crippen molar-refractivity contribution >= 4 is 0 Å². The maximum absolute atomic E-state index is 12.7. The summed E-state index contributed by atoms with van der Waals surface area (Å²) in [6.45, 7) is 7.73. The summed E-state index contributed by atoms with van der Waals surface area (Å²) in [5.74, 6) is 0.362. The summed E-state index contributed by atoms with van der Waals surface area (Å²) in [7, 11) is 0. The van der Waals surface area contributed by atoms with Gasteiger partial charge in [0.15, 0.2) is 0 Å². The van der Waals surface area contributed by atoms with E-state index in [1.807, 2.05) is 6.07 Å². The molecule has 1 aliphatic heterocycles. The second-order valence-electron chi connectivity index (χ2n) is 5.68. The Balaban J connectivity index is 2.20. The number of ether oxygens (including phenoxy) is 1. The highest BCUT2D eigenvalue weighted by molar-refractivity contribution is 5.26. The molecule has 0 saturated carbocycles. The number of morpholine rings is 1. The Kier molecular flexibility index (Phi) is 4.21. The quantitative estimate of drug-likeness (QED) is 0.903. The third kappa shape index (κ3) is 3.12. The fourth-order valence-electron chi connectivity index (χ4n) is 2.28. The summed E-state index contributed by atoms with van der Waals surface area (Å²) in [6, 6.07) is 6.51. The normalized spacial score (nSPS) is 28.1. The fraction of sp³-hybridized carbons (Fsp3) is 0.600. The maximum atomic E-state index is 12.7. The van der Waals surface area contributed by atoms with Crippen molar-refractivity contribution in [3.05, 3.63) is 35.4 Å². The van der Waals surface area contributed by atoms with E-state index in [0.717, 1.165) is 12.1 Å². The Morgan fingerprint density at radius 2 is 2.11 bits per heavy atom. The van der Waals surface area contributed by atoms with Crippen LogP contribution in [0.4, 0.5) is 8.78 Å². The van der Waals surface area contributed by atoms with Gasteiger partial charge in [0.25, 0.3) is 6.43 Å². The molecule has 1 aromatic rings. The number of nitrogens with one attached hydrogen (secondary N) is 1. The van der Waals surface area contributed by atoms with Crippen LogP contribution in [0.1, 0.15) is 44.4 Å². The summed E-state index contributed by atoms with van der Waals surface area (Å²) >= 11 is 0. The highest BCUT2D eigenvalue weighted by Gasteiger charge is 2.36. The summed E-state index contributed by atoms with van der Waals surface area (Å²) in [6.07, 6.45) is -2.60. The van der Waals surface area contributed by atoms with Crippen LogP contribution in [0.15, 0.2) is 24.3 Å². The molecule has 106 valence electrons. The van der Waals surface area contributed by atoms with Gasteiger partial charge in [-0.2, -0.15) is 0 Å². The van der Waals surface area contributed by atoms with Crippen LogP contribution in [-0.2, 0) is 4.74 Å². The average Bonchev–Trinajstić information content (AvgIpc) is 2.39. The molecular formula is C15H21F2NO. The van der Waals surface area contributed by atoms with E-state index >= 15 is 0 Å². The molecule has 0 bridgehead atoms. The molecule has 1 fully saturated rings. The van der Waals surface area contributed by atoms with Crippen molar-refractivity contribution in [2.45, 2.75) is 38.9 Å². The predicted molar refractivity (Wildman–Crippen MR) is 71.3 cm³/mol. The Bertz CT molecular complexity index is 436. The molecule has 0 spiro atoms. The lowest BCUT2D eigenvalue weighted by Crippen LogP contribution is -2.52. The predicted octanol–water partition coefficient (Wildman–Crippen LogP) is 3.70.